The van der Waals surface area contributed by atoms with Gasteiger partial charge in [-0.05, 0) is 13.8 Å². The number of ether oxygens (including phenoxy) is 1. The van der Waals surface area contributed by atoms with Crippen molar-refractivity contribution in [3.05, 3.63) is 23.5 Å². The van der Waals surface area contributed by atoms with Crippen molar-refractivity contribution in [1.29, 1.82) is 0 Å². The van der Waals surface area contributed by atoms with Gasteiger partial charge in [-0.15, -0.1) is 0 Å². The van der Waals surface area contributed by atoms with Gasteiger partial charge in [-0.2, -0.15) is 23.3 Å². The van der Waals surface area contributed by atoms with Gasteiger partial charge in [-0.3, -0.25) is 4.79 Å². The predicted molar refractivity (Wildman–Crippen MR) is 97.8 cm³/mol. The molecule has 30 heavy (non-hydrogen) atoms. The molecule has 2 radical (unpaired) electrons. The molecule has 1 aliphatic heterocycles. The van der Waals surface area contributed by atoms with Crippen LogP contribution >= 0.6 is 0 Å². The molecule has 1 fully saturated rings. The number of carbonyl (C=O) groups excluding carboxylic acids is 1. The van der Waals surface area contributed by atoms with Crippen molar-refractivity contribution in [2.45, 2.75) is 37.7 Å². The second kappa shape index (κ2) is 7.43. The molecule has 1 unspecified atom stereocenters. The number of rotatable bonds is 6. The Morgan fingerprint density at radius 3 is 2.63 bits per heavy atom. The van der Waals surface area contributed by atoms with Crippen LogP contribution in [0.3, 0.4) is 0 Å². The number of aliphatic hydroxyl groups is 2. The lowest BCUT2D eigenvalue weighted by Crippen LogP contribution is -2.36. The van der Waals surface area contributed by atoms with Crippen LogP contribution in [0.5, 0.6) is 0 Å². The van der Waals surface area contributed by atoms with Gasteiger partial charge in [-0.1, -0.05) is 0 Å². The van der Waals surface area contributed by atoms with Crippen molar-refractivity contribution in [2.75, 3.05) is 23.8 Å². The Morgan fingerprint density at radius 1 is 1.40 bits per heavy atom. The van der Waals surface area contributed by atoms with E-state index in [0.717, 1.165) is 0 Å². The Bertz CT molecular complexity index is 961. The number of halogens is 3. The molecule has 3 heterocycles. The molecular formula is C16H18BF3N6O4. The van der Waals surface area contributed by atoms with E-state index in [1.165, 1.54) is 6.07 Å². The highest BCUT2D eigenvalue weighted by Crippen LogP contribution is 2.36. The normalized spacial score (nSPS) is 19.6. The summed E-state index contributed by atoms with van der Waals surface area (Å²) in [6.45, 7) is 3.48. The number of anilines is 3. The Labute approximate surface area is 169 Å². The monoisotopic (exact) mass is 426 g/mol. The lowest BCUT2D eigenvalue weighted by Gasteiger charge is -2.21. The Morgan fingerprint density at radius 2 is 2.10 bits per heavy atom. The molecule has 2 aromatic heterocycles. The van der Waals surface area contributed by atoms with Gasteiger partial charge in [0, 0.05) is 25.2 Å². The second-order valence-corrected chi connectivity index (χ2v) is 6.84. The average Bonchev–Trinajstić information content (AvgIpc) is 3.19. The van der Waals surface area contributed by atoms with E-state index in [0.29, 0.717) is 10.9 Å². The molecule has 0 amide bonds. The smallest absolute Gasteiger partial charge is 0.421 e. The summed E-state index contributed by atoms with van der Waals surface area (Å²) in [6.07, 6.45) is -3.80. The van der Waals surface area contributed by atoms with Crippen LogP contribution < -0.4 is 10.6 Å². The number of carbonyl (C=O) groups is 1. The third-order valence-corrected chi connectivity index (χ3v) is 4.55. The van der Waals surface area contributed by atoms with Crippen LogP contribution in [0.15, 0.2) is 12.3 Å². The van der Waals surface area contributed by atoms with Crippen LogP contribution in [0.2, 0.25) is 0 Å². The minimum atomic E-state index is -4.68. The van der Waals surface area contributed by atoms with Crippen molar-refractivity contribution < 1.29 is 32.9 Å². The highest BCUT2D eigenvalue weighted by Gasteiger charge is 2.45. The molecule has 1 atom stereocenters. The number of nitrogens with zero attached hydrogens (tertiary/aromatic N) is 4. The van der Waals surface area contributed by atoms with Crippen molar-refractivity contribution in [2.24, 2.45) is 0 Å². The SMILES string of the molecule is [B]C(O)(O)n1nc(C2(C)CCOC2=O)cc1Nc1ncc(C(F)(F)F)c(NCC)n1. The highest BCUT2D eigenvalue weighted by atomic mass is 19.4. The number of alkyl halides is 3. The highest BCUT2D eigenvalue weighted by molar-refractivity contribution is 6.11. The van der Waals surface area contributed by atoms with E-state index in [2.05, 4.69) is 25.7 Å². The van der Waals surface area contributed by atoms with Gasteiger partial charge in [0.15, 0.2) is 7.85 Å². The van der Waals surface area contributed by atoms with Gasteiger partial charge in [-0.25, -0.2) is 9.67 Å². The Kier molecular flexibility index (Phi) is 5.41. The van der Waals surface area contributed by atoms with Crippen LogP contribution in [0.25, 0.3) is 0 Å². The number of aromatic nitrogens is 4. The average molecular weight is 426 g/mol. The van der Waals surface area contributed by atoms with E-state index < -0.39 is 34.8 Å². The van der Waals surface area contributed by atoms with Crippen LogP contribution in [0.1, 0.15) is 31.5 Å². The number of hydrogen-bond donors (Lipinski definition) is 4. The molecular weight excluding hydrogens is 408 g/mol. The molecule has 0 saturated carbocycles. The minimum Gasteiger partial charge on any atom is -0.465 e. The number of esters is 1. The molecule has 2 aromatic rings. The minimum absolute atomic E-state index is 0.115. The summed E-state index contributed by atoms with van der Waals surface area (Å²) >= 11 is 0. The van der Waals surface area contributed by atoms with E-state index in [1.807, 2.05) is 0 Å². The van der Waals surface area contributed by atoms with Gasteiger partial charge in [0.2, 0.25) is 11.8 Å². The van der Waals surface area contributed by atoms with Gasteiger partial charge in [0.25, 0.3) is 0 Å². The predicted octanol–water partition coefficient (Wildman–Crippen LogP) is 0.793. The summed E-state index contributed by atoms with van der Waals surface area (Å²) in [5, 5.41) is 28.7. The fourth-order valence-corrected chi connectivity index (χ4v) is 2.90. The summed E-state index contributed by atoms with van der Waals surface area (Å²) in [5.41, 5.74) is -2.12. The summed E-state index contributed by atoms with van der Waals surface area (Å²) in [6, 6.07) is 1.29. The van der Waals surface area contributed by atoms with E-state index in [4.69, 9.17) is 12.6 Å². The Hall–Kier alpha value is -2.87. The maximum atomic E-state index is 13.1. The quantitative estimate of drug-likeness (QED) is 0.301. The van der Waals surface area contributed by atoms with Crippen LogP contribution in [-0.4, -0.2) is 56.9 Å². The van der Waals surface area contributed by atoms with Crippen molar-refractivity contribution in [3.8, 4) is 0 Å². The number of cyclic esters (lactones) is 1. The zero-order valence-corrected chi connectivity index (χ0v) is 16.0. The molecule has 3 rings (SSSR count). The second-order valence-electron chi connectivity index (χ2n) is 6.84. The molecule has 0 aliphatic carbocycles. The summed E-state index contributed by atoms with van der Waals surface area (Å²) in [7, 11) is 5.31. The van der Waals surface area contributed by atoms with Gasteiger partial charge >= 0.3 is 12.1 Å². The van der Waals surface area contributed by atoms with Crippen molar-refractivity contribution in [3.63, 3.8) is 0 Å². The molecule has 0 spiro atoms. The molecule has 14 heteroatoms. The summed E-state index contributed by atoms with van der Waals surface area (Å²) in [4.78, 5) is 19.5. The fraction of sp³-hybridized carbons (Fsp3) is 0.500. The van der Waals surface area contributed by atoms with E-state index in [9.17, 15) is 28.2 Å². The van der Waals surface area contributed by atoms with Crippen molar-refractivity contribution in [1.82, 2.24) is 19.7 Å². The first-order chi connectivity index (χ1) is 13.9. The standard InChI is InChI=1S/C16H18BF3N6O4/c1-3-21-11-8(15(18,19)20)7-22-13(24-11)23-10-6-9(25-26(10)16(17,28)29)14(2)4-5-30-12(14)27/h6-7,28-29H,3-5H2,1-2H3,(H2,21,22,23,24). The van der Waals surface area contributed by atoms with E-state index in [-0.39, 0.29) is 37.0 Å². The molecule has 1 aliphatic rings. The molecule has 10 nitrogen and oxygen atoms in total. The van der Waals surface area contributed by atoms with Crippen LogP contribution in [-0.2, 0) is 26.9 Å². The van der Waals surface area contributed by atoms with Gasteiger partial charge < -0.3 is 25.6 Å². The maximum absolute atomic E-state index is 13.1. The molecule has 160 valence electrons. The fourth-order valence-electron chi connectivity index (χ4n) is 2.90. The lowest BCUT2D eigenvalue weighted by molar-refractivity contribution is -0.159. The first kappa shape index (κ1) is 21.8. The summed E-state index contributed by atoms with van der Waals surface area (Å²) < 4.78 is 44.9. The zero-order chi connectivity index (χ0) is 22.3. The van der Waals surface area contributed by atoms with Gasteiger partial charge in [0.1, 0.15) is 22.6 Å². The largest absolute Gasteiger partial charge is 0.465 e. The third kappa shape index (κ3) is 4.05. The first-order valence-corrected chi connectivity index (χ1v) is 8.83. The van der Waals surface area contributed by atoms with E-state index in [1.54, 1.807) is 13.8 Å². The molecule has 4 N–H and O–H groups in total. The lowest BCUT2D eigenvalue weighted by atomic mass is 9.85. The first-order valence-electron chi connectivity index (χ1n) is 8.83. The number of hydrogen-bond acceptors (Lipinski definition) is 9. The zero-order valence-electron chi connectivity index (χ0n) is 16.0. The van der Waals surface area contributed by atoms with E-state index >= 15 is 0 Å². The van der Waals surface area contributed by atoms with Crippen LogP contribution in [0.4, 0.5) is 30.8 Å². The number of nitrogens with one attached hydrogen (secondary N) is 2. The summed E-state index contributed by atoms with van der Waals surface area (Å²) in [5.74, 6) is -4.46. The Balaban J connectivity index is 2.02. The van der Waals surface area contributed by atoms with Gasteiger partial charge in [0.05, 0.1) is 12.3 Å². The third-order valence-electron chi connectivity index (χ3n) is 4.55. The molecule has 0 aromatic carbocycles. The topological polar surface area (TPSA) is 134 Å². The molecule has 0 bridgehead atoms. The maximum Gasteiger partial charge on any atom is 0.421 e. The van der Waals surface area contributed by atoms with Crippen LogP contribution in [0, 0.1) is 0 Å². The molecule has 1 saturated heterocycles. The van der Waals surface area contributed by atoms with Crippen molar-refractivity contribution >= 4 is 31.4 Å².